The highest BCUT2D eigenvalue weighted by Crippen LogP contribution is 2.34. The zero-order valence-corrected chi connectivity index (χ0v) is 10.9. The number of aliphatic carboxylic acids is 1. The molecule has 0 aromatic carbocycles. The van der Waals surface area contributed by atoms with E-state index >= 15 is 0 Å². The maximum Gasteiger partial charge on any atom is 0.326 e. The molecule has 5 nitrogen and oxygen atoms in total. The zero-order valence-electron chi connectivity index (χ0n) is 10.9. The van der Waals surface area contributed by atoms with Crippen LogP contribution in [-0.2, 0) is 4.79 Å². The van der Waals surface area contributed by atoms with Crippen LogP contribution >= 0.6 is 0 Å². The van der Waals surface area contributed by atoms with E-state index < -0.39 is 12.0 Å². The van der Waals surface area contributed by atoms with Gasteiger partial charge in [0.25, 0.3) is 0 Å². The molecule has 2 fully saturated rings. The number of urea groups is 1. The monoisotopic (exact) mass is 254 g/mol. The first kappa shape index (κ1) is 13.2. The first-order chi connectivity index (χ1) is 8.50. The van der Waals surface area contributed by atoms with E-state index in [4.69, 9.17) is 0 Å². The molecule has 102 valence electrons. The molecule has 0 aromatic rings. The lowest BCUT2D eigenvalue weighted by atomic mass is 9.84. The Morgan fingerprint density at radius 3 is 2.33 bits per heavy atom. The second kappa shape index (κ2) is 5.16. The Morgan fingerprint density at radius 2 is 1.83 bits per heavy atom. The van der Waals surface area contributed by atoms with E-state index in [2.05, 4.69) is 10.6 Å². The average molecular weight is 254 g/mol. The predicted octanol–water partition coefficient (Wildman–Crippen LogP) is 1.87. The number of hydrogen-bond acceptors (Lipinski definition) is 2. The summed E-state index contributed by atoms with van der Waals surface area (Å²) in [6.45, 7) is 1.98. The standard InChI is InChI=1S/C13H22N2O3/c1-13(7-8-13)15-12(18)14-10(11(16)17)9-5-3-2-4-6-9/h9-10H,2-8H2,1H3,(H,16,17)(H2,14,15,18). The molecular formula is C13H22N2O3. The van der Waals surface area contributed by atoms with Crippen molar-refractivity contribution < 1.29 is 14.7 Å². The molecular weight excluding hydrogens is 232 g/mol. The molecule has 0 bridgehead atoms. The summed E-state index contributed by atoms with van der Waals surface area (Å²) >= 11 is 0. The molecule has 0 heterocycles. The molecule has 3 N–H and O–H groups in total. The number of carbonyl (C=O) groups is 2. The molecule has 0 radical (unpaired) electrons. The lowest BCUT2D eigenvalue weighted by Crippen LogP contribution is -2.52. The zero-order chi connectivity index (χ0) is 13.2. The van der Waals surface area contributed by atoms with Gasteiger partial charge in [-0.3, -0.25) is 0 Å². The van der Waals surface area contributed by atoms with Crippen molar-refractivity contribution in [3.63, 3.8) is 0 Å². The van der Waals surface area contributed by atoms with Gasteiger partial charge in [-0.25, -0.2) is 9.59 Å². The van der Waals surface area contributed by atoms with Crippen molar-refractivity contribution in [1.29, 1.82) is 0 Å². The first-order valence-corrected chi connectivity index (χ1v) is 6.82. The minimum Gasteiger partial charge on any atom is -0.480 e. The van der Waals surface area contributed by atoms with Gasteiger partial charge < -0.3 is 15.7 Å². The molecule has 0 aromatic heterocycles. The van der Waals surface area contributed by atoms with Crippen LogP contribution in [0.15, 0.2) is 0 Å². The van der Waals surface area contributed by atoms with Crippen molar-refractivity contribution in [2.45, 2.75) is 63.5 Å². The smallest absolute Gasteiger partial charge is 0.326 e. The normalized spacial score (nSPS) is 24.1. The van der Waals surface area contributed by atoms with E-state index in [1.807, 2.05) is 6.92 Å². The largest absolute Gasteiger partial charge is 0.480 e. The highest BCUT2D eigenvalue weighted by molar-refractivity contribution is 5.83. The van der Waals surface area contributed by atoms with Crippen molar-refractivity contribution in [3.8, 4) is 0 Å². The van der Waals surface area contributed by atoms with Crippen molar-refractivity contribution in [2.24, 2.45) is 5.92 Å². The maximum absolute atomic E-state index is 11.8. The number of rotatable bonds is 4. The third-order valence-corrected chi connectivity index (χ3v) is 4.09. The molecule has 0 saturated heterocycles. The molecule has 18 heavy (non-hydrogen) atoms. The van der Waals surface area contributed by atoms with Crippen LogP contribution < -0.4 is 10.6 Å². The summed E-state index contributed by atoms with van der Waals surface area (Å²) in [5, 5.41) is 14.7. The molecule has 1 unspecified atom stereocenters. The Labute approximate surface area is 107 Å². The summed E-state index contributed by atoms with van der Waals surface area (Å²) in [5.41, 5.74) is -0.111. The Morgan fingerprint density at radius 1 is 1.22 bits per heavy atom. The summed E-state index contributed by atoms with van der Waals surface area (Å²) in [6.07, 6.45) is 7.05. The molecule has 2 rings (SSSR count). The van der Waals surface area contributed by atoms with Gasteiger partial charge in [0.05, 0.1) is 0 Å². The van der Waals surface area contributed by atoms with Crippen LogP contribution in [0.4, 0.5) is 4.79 Å². The lowest BCUT2D eigenvalue weighted by molar-refractivity contribution is -0.141. The Balaban J connectivity index is 1.88. The summed E-state index contributed by atoms with van der Waals surface area (Å²) in [4.78, 5) is 23.0. The minimum absolute atomic E-state index is 0.0778. The van der Waals surface area contributed by atoms with Crippen molar-refractivity contribution in [1.82, 2.24) is 10.6 Å². The Kier molecular flexibility index (Phi) is 3.78. The number of hydrogen-bond donors (Lipinski definition) is 3. The molecule has 1 atom stereocenters. The van der Waals surface area contributed by atoms with E-state index in [9.17, 15) is 14.7 Å². The number of nitrogens with one attached hydrogen (secondary N) is 2. The van der Waals surface area contributed by atoms with Crippen molar-refractivity contribution >= 4 is 12.0 Å². The van der Waals surface area contributed by atoms with Gasteiger partial charge in [-0.15, -0.1) is 0 Å². The van der Waals surface area contributed by atoms with Crippen molar-refractivity contribution in [2.75, 3.05) is 0 Å². The van der Waals surface area contributed by atoms with Gasteiger partial charge in [0.2, 0.25) is 0 Å². The van der Waals surface area contributed by atoms with Gasteiger partial charge in [-0.05, 0) is 38.5 Å². The van der Waals surface area contributed by atoms with Crippen LogP contribution in [0.2, 0.25) is 0 Å². The van der Waals surface area contributed by atoms with Gasteiger partial charge in [-0.1, -0.05) is 19.3 Å². The molecule has 2 amide bonds. The van der Waals surface area contributed by atoms with Gasteiger partial charge in [-0.2, -0.15) is 0 Å². The average Bonchev–Trinajstić information content (AvgIpc) is 3.04. The van der Waals surface area contributed by atoms with Crippen LogP contribution in [0.1, 0.15) is 51.9 Å². The molecule has 5 heteroatoms. The van der Waals surface area contributed by atoms with Gasteiger partial charge in [0, 0.05) is 5.54 Å². The summed E-state index contributed by atoms with van der Waals surface area (Å²) in [7, 11) is 0. The summed E-state index contributed by atoms with van der Waals surface area (Å²) in [5.74, 6) is -0.841. The fourth-order valence-corrected chi connectivity index (χ4v) is 2.61. The molecule has 2 saturated carbocycles. The topological polar surface area (TPSA) is 78.4 Å². The fraction of sp³-hybridized carbons (Fsp3) is 0.846. The molecule has 2 aliphatic carbocycles. The highest BCUT2D eigenvalue weighted by Gasteiger charge is 2.40. The number of carboxylic acid groups (broad SMARTS) is 1. The molecule has 0 aliphatic heterocycles. The lowest BCUT2D eigenvalue weighted by Gasteiger charge is -2.28. The predicted molar refractivity (Wildman–Crippen MR) is 67.3 cm³/mol. The Bertz CT molecular complexity index is 333. The second-order valence-corrected chi connectivity index (χ2v) is 5.87. The number of carbonyl (C=O) groups excluding carboxylic acids is 1. The van der Waals surface area contributed by atoms with E-state index in [1.54, 1.807) is 0 Å². The summed E-state index contributed by atoms with van der Waals surface area (Å²) < 4.78 is 0. The molecule has 0 spiro atoms. The van der Waals surface area contributed by atoms with Crippen LogP contribution in [0.3, 0.4) is 0 Å². The third-order valence-electron chi connectivity index (χ3n) is 4.09. The van der Waals surface area contributed by atoms with Crippen LogP contribution in [0.25, 0.3) is 0 Å². The minimum atomic E-state index is -0.919. The highest BCUT2D eigenvalue weighted by atomic mass is 16.4. The fourth-order valence-electron chi connectivity index (χ4n) is 2.61. The van der Waals surface area contributed by atoms with Crippen LogP contribution in [-0.4, -0.2) is 28.7 Å². The maximum atomic E-state index is 11.8. The van der Waals surface area contributed by atoms with Gasteiger partial charge in [0.1, 0.15) is 6.04 Å². The Hall–Kier alpha value is -1.26. The third kappa shape index (κ3) is 3.37. The van der Waals surface area contributed by atoms with E-state index in [-0.39, 0.29) is 17.5 Å². The van der Waals surface area contributed by atoms with Gasteiger partial charge in [0.15, 0.2) is 0 Å². The summed E-state index contributed by atoms with van der Waals surface area (Å²) in [6, 6.07) is -1.08. The van der Waals surface area contributed by atoms with E-state index in [0.717, 1.165) is 38.5 Å². The van der Waals surface area contributed by atoms with Crippen LogP contribution in [0, 0.1) is 5.92 Å². The van der Waals surface area contributed by atoms with Gasteiger partial charge >= 0.3 is 12.0 Å². The first-order valence-electron chi connectivity index (χ1n) is 6.82. The second-order valence-electron chi connectivity index (χ2n) is 5.87. The number of carboxylic acids is 1. The van der Waals surface area contributed by atoms with Crippen molar-refractivity contribution in [3.05, 3.63) is 0 Å². The van der Waals surface area contributed by atoms with Crippen LogP contribution in [0.5, 0.6) is 0 Å². The molecule has 2 aliphatic rings. The SMILES string of the molecule is CC1(NC(=O)NC(C(=O)O)C2CCCCC2)CC1. The quantitative estimate of drug-likeness (QED) is 0.716. The van der Waals surface area contributed by atoms with E-state index in [0.29, 0.717) is 0 Å². The van der Waals surface area contributed by atoms with E-state index in [1.165, 1.54) is 6.42 Å². The number of amides is 2.